The molecular formula is C15H25N5O. The molecule has 2 N–H and O–H groups in total. The Hall–Kier alpha value is -1.66. The van der Waals surface area contributed by atoms with Gasteiger partial charge in [0.25, 0.3) is 0 Å². The van der Waals surface area contributed by atoms with Gasteiger partial charge in [-0.05, 0) is 19.1 Å². The summed E-state index contributed by atoms with van der Waals surface area (Å²) in [5.41, 5.74) is 2.05. The molecular weight excluding hydrogens is 266 g/mol. The number of rotatable bonds is 5. The molecule has 1 aromatic rings. The van der Waals surface area contributed by atoms with Crippen LogP contribution < -0.4 is 10.6 Å². The summed E-state index contributed by atoms with van der Waals surface area (Å²) in [5, 5.41) is 6.61. The van der Waals surface area contributed by atoms with Crippen LogP contribution in [0.3, 0.4) is 0 Å². The molecule has 1 aliphatic heterocycles. The summed E-state index contributed by atoms with van der Waals surface area (Å²) >= 11 is 0. The molecule has 0 amide bonds. The van der Waals surface area contributed by atoms with Crippen molar-refractivity contribution < 1.29 is 4.74 Å². The molecule has 0 aromatic carbocycles. The lowest BCUT2D eigenvalue weighted by Gasteiger charge is -2.26. The number of aryl methyl sites for hydroxylation is 1. The monoisotopic (exact) mass is 291 g/mol. The van der Waals surface area contributed by atoms with Crippen LogP contribution in [-0.2, 0) is 11.3 Å². The van der Waals surface area contributed by atoms with Crippen molar-refractivity contribution in [1.82, 2.24) is 20.5 Å². The van der Waals surface area contributed by atoms with Gasteiger partial charge in [0.15, 0.2) is 5.96 Å². The first-order valence-electron chi connectivity index (χ1n) is 7.45. The maximum absolute atomic E-state index is 5.34. The van der Waals surface area contributed by atoms with Gasteiger partial charge in [0, 0.05) is 38.9 Å². The van der Waals surface area contributed by atoms with E-state index < -0.39 is 0 Å². The van der Waals surface area contributed by atoms with E-state index in [4.69, 9.17) is 4.74 Å². The third kappa shape index (κ3) is 5.69. The minimum Gasteiger partial charge on any atom is -0.379 e. The second kappa shape index (κ2) is 8.59. The summed E-state index contributed by atoms with van der Waals surface area (Å²) in [4.78, 5) is 11.1. The van der Waals surface area contributed by atoms with Crippen LogP contribution in [0.2, 0.25) is 0 Å². The maximum atomic E-state index is 5.34. The quantitative estimate of drug-likeness (QED) is 0.607. The predicted octanol–water partition coefficient (Wildman–Crippen LogP) is 0.387. The number of nitrogens with zero attached hydrogens (tertiary/aromatic N) is 3. The fourth-order valence-electron chi connectivity index (χ4n) is 2.25. The van der Waals surface area contributed by atoms with Crippen molar-refractivity contribution in [2.45, 2.75) is 13.5 Å². The summed E-state index contributed by atoms with van der Waals surface area (Å²) in [6.45, 7) is 8.27. The summed E-state index contributed by atoms with van der Waals surface area (Å²) < 4.78 is 5.34. The van der Waals surface area contributed by atoms with Crippen molar-refractivity contribution >= 4 is 5.96 Å². The topological polar surface area (TPSA) is 61.8 Å². The Labute approximate surface area is 126 Å². The second-order valence-electron chi connectivity index (χ2n) is 5.08. The number of aromatic nitrogens is 1. The fraction of sp³-hybridized carbons (Fsp3) is 0.600. The van der Waals surface area contributed by atoms with Gasteiger partial charge in [0.05, 0.1) is 25.5 Å². The van der Waals surface area contributed by atoms with Gasteiger partial charge in [-0.25, -0.2) is 0 Å². The Morgan fingerprint density at radius 2 is 2.14 bits per heavy atom. The van der Waals surface area contributed by atoms with E-state index in [1.165, 1.54) is 0 Å². The Bertz CT molecular complexity index is 457. The first kappa shape index (κ1) is 15.7. The van der Waals surface area contributed by atoms with Gasteiger partial charge < -0.3 is 15.4 Å². The van der Waals surface area contributed by atoms with E-state index in [-0.39, 0.29) is 0 Å². The lowest BCUT2D eigenvalue weighted by Crippen LogP contribution is -2.44. The highest BCUT2D eigenvalue weighted by Crippen LogP contribution is 1.97. The normalized spacial score (nSPS) is 16.8. The smallest absolute Gasteiger partial charge is 0.191 e. The van der Waals surface area contributed by atoms with Crippen molar-refractivity contribution in [2.75, 3.05) is 46.4 Å². The van der Waals surface area contributed by atoms with Crippen LogP contribution in [0.15, 0.2) is 23.2 Å². The third-order valence-electron chi connectivity index (χ3n) is 3.43. The van der Waals surface area contributed by atoms with Gasteiger partial charge in [-0.1, -0.05) is 6.07 Å². The van der Waals surface area contributed by atoms with E-state index >= 15 is 0 Å². The van der Waals surface area contributed by atoms with Crippen molar-refractivity contribution in [1.29, 1.82) is 0 Å². The SMILES string of the molecule is CN=C(NCCN1CCOCC1)NCc1cccc(C)n1. The highest BCUT2D eigenvalue weighted by Gasteiger charge is 2.09. The third-order valence-corrected chi connectivity index (χ3v) is 3.43. The minimum absolute atomic E-state index is 0.679. The van der Waals surface area contributed by atoms with Gasteiger partial charge in [-0.3, -0.25) is 14.9 Å². The zero-order chi connectivity index (χ0) is 14.9. The van der Waals surface area contributed by atoms with Crippen molar-refractivity contribution in [2.24, 2.45) is 4.99 Å². The minimum atomic E-state index is 0.679. The van der Waals surface area contributed by atoms with Crippen molar-refractivity contribution in [3.8, 4) is 0 Å². The van der Waals surface area contributed by atoms with Crippen LogP contribution in [0.4, 0.5) is 0 Å². The van der Waals surface area contributed by atoms with E-state index in [1.807, 2.05) is 25.1 Å². The van der Waals surface area contributed by atoms with Crippen LogP contribution in [-0.4, -0.2) is 62.3 Å². The molecule has 1 fully saturated rings. The molecule has 6 nitrogen and oxygen atoms in total. The average molecular weight is 291 g/mol. The number of aliphatic imine (C=N–C) groups is 1. The molecule has 0 saturated carbocycles. The first-order valence-corrected chi connectivity index (χ1v) is 7.45. The highest BCUT2D eigenvalue weighted by molar-refractivity contribution is 5.79. The number of nitrogens with one attached hydrogen (secondary N) is 2. The summed E-state index contributed by atoms with van der Waals surface area (Å²) in [6, 6.07) is 6.04. The van der Waals surface area contributed by atoms with E-state index in [0.717, 1.165) is 56.7 Å². The lowest BCUT2D eigenvalue weighted by atomic mass is 10.3. The van der Waals surface area contributed by atoms with E-state index in [1.54, 1.807) is 7.05 Å². The number of pyridine rings is 1. The molecule has 0 spiro atoms. The lowest BCUT2D eigenvalue weighted by molar-refractivity contribution is 0.0389. The van der Waals surface area contributed by atoms with Crippen LogP contribution in [0.5, 0.6) is 0 Å². The molecule has 6 heteroatoms. The van der Waals surface area contributed by atoms with Gasteiger partial charge in [-0.15, -0.1) is 0 Å². The molecule has 0 radical (unpaired) electrons. The van der Waals surface area contributed by atoms with Gasteiger partial charge >= 0.3 is 0 Å². The number of hydrogen-bond acceptors (Lipinski definition) is 4. The van der Waals surface area contributed by atoms with Gasteiger partial charge in [-0.2, -0.15) is 0 Å². The fourth-order valence-corrected chi connectivity index (χ4v) is 2.25. The summed E-state index contributed by atoms with van der Waals surface area (Å²) in [7, 11) is 1.79. The molecule has 116 valence electrons. The molecule has 0 atom stereocenters. The van der Waals surface area contributed by atoms with Crippen LogP contribution in [0.25, 0.3) is 0 Å². The number of ether oxygens (including phenoxy) is 1. The molecule has 21 heavy (non-hydrogen) atoms. The highest BCUT2D eigenvalue weighted by atomic mass is 16.5. The second-order valence-corrected chi connectivity index (χ2v) is 5.08. The largest absolute Gasteiger partial charge is 0.379 e. The molecule has 1 saturated heterocycles. The van der Waals surface area contributed by atoms with Crippen LogP contribution >= 0.6 is 0 Å². The number of guanidine groups is 1. The van der Waals surface area contributed by atoms with E-state index in [9.17, 15) is 0 Å². The summed E-state index contributed by atoms with van der Waals surface area (Å²) in [6.07, 6.45) is 0. The number of morpholine rings is 1. The molecule has 2 heterocycles. The standard InChI is InChI=1S/C15H25N5O/c1-13-4-3-5-14(19-13)12-18-15(16-2)17-6-7-20-8-10-21-11-9-20/h3-5H,6-12H2,1-2H3,(H2,16,17,18). The molecule has 1 aromatic heterocycles. The Morgan fingerprint density at radius 1 is 1.33 bits per heavy atom. The van der Waals surface area contributed by atoms with Crippen LogP contribution in [0.1, 0.15) is 11.4 Å². The molecule has 2 rings (SSSR count). The Morgan fingerprint density at radius 3 is 2.86 bits per heavy atom. The van der Waals surface area contributed by atoms with Crippen molar-refractivity contribution in [3.63, 3.8) is 0 Å². The first-order chi connectivity index (χ1) is 10.3. The zero-order valence-corrected chi connectivity index (χ0v) is 12.9. The van der Waals surface area contributed by atoms with Gasteiger partial charge in [0.1, 0.15) is 0 Å². The number of hydrogen-bond donors (Lipinski definition) is 2. The Balaban J connectivity index is 1.68. The van der Waals surface area contributed by atoms with Crippen LogP contribution in [0, 0.1) is 6.92 Å². The van der Waals surface area contributed by atoms with Crippen molar-refractivity contribution in [3.05, 3.63) is 29.6 Å². The molecule has 0 unspecified atom stereocenters. The molecule has 1 aliphatic rings. The average Bonchev–Trinajstić information content (AvgIpc) is 2.52. The van der Waals surface area contributed by atoms with E-state index in [2.05, 4.69) is 25.5 Å². The molecule has 0 aliphatic carbocycles. The van der Waals surface area contributed by atoms with Gasteiger partial charge in [0.2, 0.25) is 0 Å². The Kier molecular flexibility index (Phi) is 6.43. The van der Waals surface area contributed by atoms with E-state index in [0.29, 0.717) is 6.54 Å². The summed E-state index contributed by atoms with van der Waals surface area (Å²) in [5.74, 6) is 0.812. The molecule has 0 bridgehead atoms. The zero-order valence-electron chi connectivity index (χ0n) is 12.9. The predicted molar refractivity (Wildman–Crippen MR) is 84.4 cm³/mol. The maximum Gasteiger partial charge on any atom is 0.191 e.